The number of urea groups is 1. The maximum Gasteiger partial charge on any atom is 0.416 e. The van der Waals surface area contributed by atoms with Crippen molar-refractivity contribution in [2.45, 2.75) is 39.2 Å². The Morgan fingerprint density at radius 3 is 2.62 bits per heavy atom. The molecule has 0 aliphatic carbocycles. The third kappa shape index (κ3) is 4.16. The Morgan fingerprint density at radius 2 is 2.04 bits per heavy atom. The summed E-state index contributed by atoms with van der Waals surface area (Å²) in [5.41, 5.74) is -0.575. The lowest BCUT2D eigenvalue weighted by Gasteiger charge is -2.40. The van der Waals surface area contributed by atoms with E-state index in [0.29, 0.717) is 0 Å². The first kappa shape index (κ1) is 19.8. The third-order valence-electron chi connectivity index (χ3n) is 3.87. The molecule has 1 aromatic rings. The number of amides is 2. The Hall–Kier alpha value is -2.55. The van der Waals surface area contributed by atoms with Crippen LogP contribution in [0, 0.1) is 0 Å². The Bertz CT molecular complexity index is 733. The first-order chi connectivity index (χ1) is 12.0. The van der Waals surface area contributed by atoms with Gasteiger partial charge < -0.3 is 9.84 Å². The van der Waals surface area contributed by atoms with Crippen molar-refractivity contribution >= 4 is 17.7 Å². The lowest BCUT2D eigenvalue weighted by molar-refractivity contribution is -0.143. The van der Waals surface area contributed by atoms with Crippen LogP contribution in [0.4, 0.5) is 23.7 Å². The van der Waals surface area contributed by atoms with Crippen LogP contribution >= 0.6 is 0 Å². The standard InChI is InChI=1S/C17H19F3N2O4/c1-10-7-15(24)22(11(2)9-26-12(3)23)16(25)21(10)14-6-4-5-13(8-14)17(18,19)20/h4-8,11,15,24H,9H2,1-3H3/t11-,15?/m1/s1. The third-order valence-corrected chi connectivity index (χ3v) is 3.87. The average Bonchev–Trinajstić information content (AvgIpc) is 2.52. The van der Waals surface area contributed by atoms with Gasteiger partial charge in [0.2, 0.25) is 0 Å². The molecule has 0 fully saturated rings. The van der Waals surface area contributed by atoms with Gasteiger partial charge in [-0.25, -0.2) is 4.79 Å². The number of allylic oxidation sites excluding steroid dienone is 1. The number of aliphatic hydroxyl groups is 1. The minimum Gasteiger partial charge on any atom is -0.464 e. The van der Waals surface area contributed by atoms with Crippen molar-refractivity contribution in [2.75, 3.05) is 11.5 Å². The fourth-order valence-electron chi connectivity index (χ4n) is 2.65. The molecule has 26 heavy (non-hydrogen) atoms. The maximum atomic E-state index is 13.0. The topological polar surface area (TPSA) is 70.1 Å². The molecule has 0 bridgehead atoms. The van der Waals surface area contributed by atoms with Gasteiger partial charge in [-0.3, -0.25) is 14.6 Å². The highest BCUT2D eigenvalue weighted by atomic mass is 19.4. The molecule has 1 heterocycles. The fraction of sp³-hybridized carbons (Fsp3) is 0.412. The largest absolute Gasteiger partial charge is 0.464 e. The summed E-state index contributed by atoms with van der Waals surface area (Å²) in [4.78, 5) is 25.9. The Morgan fingerprint density at radius 1 is 1.38 bits per heavy atom. The van der Waals surface area contributed by atoms with Gasteiger partial charge in [0, 0.05) is 12.6 Å². The van der Waals surface area contributed by atoms with E-state index >= 15 is 0 Å². The van der Waals surface area contributed by atoms with Crippen LogP contribution in [0.3, 0.4) is 0 Å². The second kappa shape index (κ2) is 7.36. The molecule has 9 heteroatoms. The second-order valence-corrected chi connectivity index (χ2v) is 5.95. The zero-order valence-corrected chi connectivity index (χ0v) is 14.4. The number of nitrogens with zero attached hydrogens (tertiary/aromatic N) is 2. The Labute approximate surface area is 148 Å². The maximum absolute atomic E-state index is 13.0. The van der Waals surface area contributed by atoms with E-state index in [9.17, 15) is 27.9 Å². The number of benzene rings is 1. The molecule has 2 rings (SSSR count). The van der Waals surface area contributed by atoms with Gasteiger partial charge in [-0.15, -0.1) is 0 Å². The van der Waals surface area contributed by atoms with E-state index in [-0.39, 0.29) is 18.0 Å². The highest BCUT2D eigenvalue weighted by Crippen LogP contribution is 2.34. The van der Waals surface area contributed by atoms with Crippen LogP contribution < -0.4 is 4.90 Å². The summed E-state index contributed by atoms with van der Waals surface area (Å²) in [7, 11) is 0. The zero-order valence-electron chi connectivity index (χ0n) is 14.4. The van der Waals surface area contributed by atoms with Crippen LogP contribution in [0.15, 0.2) is 36.0 Å². The van der Waals surface area contributed by atoms with Crippen molar-refractivity contribution in [1.82, 2.24) is 4.90 Å². The van der Waals surface area contributed by atoms with Crippen molar-refractivity contribution in [2.24, 2.45) is 0 Å². The van der Waals surface area contributed by atoms with Gasteiger partial charge in [-0.05, 0) is 38.1 Å². The summed E-state index contributed by atoms with van der Waals surface area (Å²) in [6.07, 6.45) is -4.49. The molecular weight excluding hydrogens is 353 g/mol. The van der Waals surface area contributed by atoms with Gasteiger partial charge in [0.05, 0.1) is 17.3 Å². The van der Waals surface area contributed by atoms with Gasteiger partial charge in [-0.2, -0.15) is 13.2 Å². The number of anilines is 1. The predicted octanol–water partition coefficient (Wildman–Crippen LogP) is 3.12. The first-order valence-corrected chi connectivity index (χ1v) is 7.82. The van der Waals surface area contributed by atoms with Crippen molar-refractivity contribution in [1.29, 1.82) is 0 Å². The number of hydrogen-bond acceptors (Lipinski definition) is 4. The second-order valence-electron chi connectivity index (χ2n) is 5.95. The van der Waals surface area contributed by atoms with Gasteiger partial charge >= 0.3 is 18.2 Å². The predicted molar refractivity (Wildman–Crippen MR) is 87.0 cm³/mol. The molecule has 1 N–H and O–H groups in total. The number of esters is 1. The van der Waals surface area contributed by atoms with E-state index in [1.807, 2.05) is 0 Å². The summed E-state index contributed by atoms with van der Waals surface area (Å²) in [6.45, 7) is 4.12. The van der Waals surface area contributed by atoms with Crippen molar-refractivity contribution in [3.63, 3.8) is 0 Å². The molecule has 0 radical (unpaired) electrons. The smallest absolute Gasteiger partial charge is 0.416 e. The number of rotatable bonds is 4. The molecule has 6 nitrogen and oxygen atoms in total. The summed E-state index contributed by atoms with van der Waals surface area (Å²) in [5.74, 6) is -0.544. The lowest BCUT2D eigenvalue weighted by atomic mass is 10.1. The number of carbonyl (C=O) groups is 2. The normalized spacial score (nSPS) is 19.3. The van der Waals surface area contributed by atoms with E-state index in [2.05, 4.69) is 0 Å². The number of aliphatic hydroxyl groups excluding tert-OH is 1. The van der Waals surface area contributed by atoms with E-state index in [1.54, 1.807) is 6.92 Å². The van der Waals surface area contributed by atoms with E-state index in [0.717, 1.165) is 21.9 Å². The summed E-state index contributed by atoms with van der Waals surface area (Å²) < 4.78 is 43.7. The first-order valence-electron chi connectivity index (χ1n) is 7.82. The van der Waals surface area contributed by atoms with Crippen LogP contribution in [0.5, 0.6) is 0 Å². The molecule has 2 amide bonds. The van der Waals surface area contributed by atoms with Gasteiger partial charge in [0.15, 0.2) is 6.23 Å². The molecular formula is C17H19F3N2O4. The molecule has 2 atom stereocenters. The van der Waals surface area contributed by atoms with Gasteiger partial charge in [0.1, 0.15) is 6.61 Å². The number of ether oxygens (including phenoxy) is 1. The van der Waals surface area contributed by atoms with E-state index in [1.165, 1.54) is 32.1 Å². The van der Waals surface area contributed by atoms with Crippen LogP contribution in [-0.2, 0) is 15.7 Å². The molecule has 0 spiro atoms. The molecule has 1 aliphatic heterocycles. The van der Waals surface area contributed by atoms with Crippen LogP contribution in [-0.4, -0.2) is 40.9 Å². The number of hydrogen-bond donors (Lipinski definition) is 1. The fourth-order valence-corrected chi connectivity index (χ4v) is 2.65. The SMILES string of the molecule is CC(=O)OC[C@@H](C)N1C(=O)N(c2cccc(C(F)(F)F)c2)C(C)=CC1O. The van der Waals surface area contributed by atoms with Crippen LogP contribution in [0.25, 0.3) is 0 Å². The molecule has 0 saturated heterocycles. The van der Waals surface area contributed by atoms with E-state index < -0.39 is 36.0 Å². The molecule has 1 aromatic carbocycles. The average molecular weight is 372 g/mol. The summed E-state index contributed by atoms with van der Waals surface area (Å²) in [6, 6.07) is 2.96. The van der Waals surface area contributed by atoms with Gasteiger partial charge in [0.25, 0.3) is 0 Å². The molecule has 0 aromatic heterocycles. The minimum absolute atomic E-state index is 0.0233. The molecule has 142 valence electrons. The minimum atomic E-state index is -4.55. The number of alkyl halides is 3. The van der Waals surface area contributed by atoms with Crippen molar-refractivity contribution in [3.8, 4) is 0 Å². The Kier molecular flexibility index (Phi) is 5.60. The monoisotopic (exact) mass is 372 g/mol. The lowest BCUT2D eigenvalue weighted by Crippen LogP contribution is -2.55. The summed E-state index contributed by atoms with van der Waals surface area (Å²) >= 11 is 0. The molecule has 1 unspecified atom stereocenters. The van der Waals surface area contributed by atoms with Crippen molar-refractivity contribution < 1.29 is 32.6 Å². The quantitative estimate of drug-likeness (QED) is 0.825. The van der Waals surface area contributed by atoms with Crippen molar-refractivity contribution in [3.05, 3.63) is 41.6 Å². The van der Waals surface area contributed by atoms with Crippen LogP contribution in [0.2, 0.25) is 0 Å². The molecule has 1 aliphatic rings. The highest BCUT2D eigenvalue weighted by molar-refractivity contribution is 5.96. The number of carbonyl (C=O) groups excluding carboxylic acids is 2. The number of halogens is 3. The Balaban J connectivity index is 2.36. The highest BCUT2D eigenvalue weighted by Gasteiger charge is 2.37. The molecule has 0 saturated carbocycles. The zero-order chi connectivity index (χ0) is 19.6. The van der Waals surface area contributed by atoms with Gasteiger partial charge in [-0.1, -0.05) is 6.07 Å². The van der Waals surface area contributed by atoms with E-state index in [4.69, 9.17) is 4.74 Å². The summed E-state index contributed by atoms with van der Waals surface area (Å²) in [5, 5.41) is 10.2. The van der Waals surface area contributed by atoms with Crippen LogP contribution in [0.1, 0.15) is 26.3 Å².